The predicted octanol–water partition coefficient (Wildman–Crippen LogP) is 2.45. The van der Waals surface area contributed by atoms with E-state index in [2.05, 4.69) is 0 Å². The Balaban J connectivity index is 2.18. The molecule has 2 aromatic carbocycles. The molecule has 5 unspecified atom stereocenters. The minimum absolute atomic E-state index is 0.234. The fraction of sp³-hybridized carbons (Fsp3) is 0.400. The second-order valence-corrected chi connectivity index (χ2v) is 11.7. The molecule has 0 amide bonds. The molecular formula is C35H34O19. The molecule has 0 spiro atoms. The molecule has 1 saturated heterocycles. The molecule has 0 aliphatic carbocycles. The van der Waals surface area contributed by atoms with Crippen molar-refractivity contribution < 1.29 is 85.4 Å². The van der Waals surface area contributed by atoms with Gasteiger partial charge in [0.05, 0.1) is 10.9 Å². The molecule has 1 fully saturated rings. The van der Waals surface area contributed by atoms with Crippen molar-refractivity contribution in [2.24, 2.45) is 0 Å². The Bertz CT molecular complexity index is 2130. The number of rotatable bonds is 10. The van der Waals surface area contributed by atoms with Crippen LogP contribution in [-0.4, -0.2) is 78.8 Å². The molecule has 19 nitrogen and oxygen atoms in total. The van der Waals surface area contributed by atoms with Gasteiger partial charge in [-0.1, -0.05) is 0 Å². The summed E-state index contributed by atoms with van der Waals surface area (Å²) < 4.78 is 55.3. The van der Waals surface area contributed by atoms with Crippen LogP contribution in [0.15, 0.2) is 27.4 Å². The van der Waals surface area contributed by atoms with Crippen LogP contribution in [0.3, 0.4) is 0 Å². The molecule has 19 heteroatoms. The monoisotopic (exact) mass is 758 g/mol. The second kappa shape index (κ2) is 16.5. The van der Waals surface area contributed by atoms with E-state index in [1.54, 1.807) is 0 Å². The van der Waals surface area contributed by atoms with Gasteiger partial charge in [-0.25, -0.2) is 0 Å². The van der Waals surface area contributed by atoms with Crippen LogP contribution >= 0.6 is 0 Å². The number of esters is 8. The van der Waals surface area contributed by atoms with Crippen molar-refractivity contribution in [3.63, 3.8) is 0 Å². The first kappa shape index (κ1) is 40.4. The lowest BCUT2D eigenvalue weighted by Gasteiger charge is -2.45. The Labute approximate surface area is 304 Å². The summed E-state index contributed by atoms with van der Waals surface area (Å²) in [6.45, 7) is 7.53. The Kier molecular flexibility index (Phi) is 12.4. The van der Waals surface area contributed by atoms with E-state index in [9.17, 15) is 43.2 Å². The standard InChI is InChI=1S/C35H34O19/c1-13(36)45-12-27-31(49-17(5)40)34(51-19(7)42)35(52-20(8)43)33(54-27)29-26(48-16(4)39)11-25-28(32(29)50-18(6)41)30(44)21-9-23(46-14(2)37)24(47-15(3)38)10-22(21)53-25/h9-11,27,31,33-35H,12H2,1-8H3. The number of hydrogen-bond donors (Lipinski definition) is 0. The molecule has 0 radical (unpaired) electrons. The third kappa shape index (κ3) is 9.34. The van der Waals surface area contributed by atoms with E-state index in [-0.39, 0.29) is 28.1 Å². The number of fused-ring (bicyclic) bond motifs is 2. The normalized spacial score (nSPS) is 19.2. The molecule has 288 valence electrons. The third-order valence-electron chi connectivity index (χ3n) is 7.27. The Morgan fingerprint density at radius 2 is 1.04 bits per heavy atom. The molecule has 0 N–H and O–H groups in total. The van der Waals surface area contributed by atoms with Gasteiger partial charge in [0, 0.05) is 67.5 Å². The highest BCUT2D eigenvalue weighted by Crippen LogP contribution is 2.48. The van der Waals surface area contributed by atoms with Gasteiger partial charge in [0.1, 0.15) is 41.1 Å². The highest BCUT2D eigenvalue weighted by atomic mass is 16.7. The predicted molar refractivity (Wildman–Crippen MR) is 176 cm³/mol. The van der Waals surface area contributed by atoms with Crippen LogP contribution in [0.5, 0.6) is 23.0 Å². The summed E-state index contributed by atoms with van der Waals surface area (Å²) in [6.07, 6.45) is -8.46. The Morgan fingerprint density at radius 1 is 0.556 bits per heavy atom. The largest absolute Gasteiger partial charge is 0.463 e. The van der Waals surface area contributed by atoms with E-state index >= 15 is 0 Å². The number of hydrogen-bond acceptors (Lipinski definition) is 19. The molecule has 3 aromatic rings. The van der Waals surface area contributed by atoms with Gasteiger partial charge >= 0.3 is 47.8 Å². The SMILES string of the molecule is CC(=O)OCC1OC(c2c(OC(C)=O)cc3oc4cc(OC(C)=O)c(OC(C)=O)cc4c(=O)c3c2OC(C)=O)C(OC(C)=O)C(OC(C)=O)C1OC(C)=O. The number of carbonyl (C=O) groups is 8. The van der Waals surface area contributed by atoms with E-state index in [0.29, 0.717) is 0 Å². The van der Waals surface area contributed by atoms with Gasteiger partial charge in [0.2, 0.25) is 5.43 Å². The van der Waals surface area contributed by atoms with E-state index < -0.39 is 113 Å². The van der Waals surface area contributed by atoms with Crippen LogP contribution in [-0.2, 0) is 62.0 Å². The van der Waals surface area contributed by atoms with Gasteiger partial charge in [-0.05, 0) is 6.07 Å². The summed E-state index contributed by atoms with van der Waals surface area (Å²) in [5.41, 5.74) is -1.99. The summed E-state index contributed by atoms with van der Waals surface area (Å²) in [4.78, 5) is 113. The minimum atomic E-state index is -1.82. The van der Waals surface area contributed by atoms with Crippen LogP contribution in [0, 0.1) is 0 Å². The molecule has 5 atom stereocenters. The number of carbonyl (C=O) groups excluding carboxylic acids is 8. The van der Waals surface area contributed by atoms with E-state index in [4.69, 9.17) is 47.0 Å². The molecule has 1 aliphatic heterocycles. The van der Waals surface area contributed by atoms with Gasteiger partial charge in [0.15, 0.2) is 35.6 Å². The van der Waals surface area contributed by atoms with Crippen molar-refractivity contribution in [3.8, 4) is 23.0 Å². The highest BCUT2D eigenvalue weighted by molar-refractivity contribution is 5.98. The zero-order chi connectivity index (χ0) is 40.2. The molecule has 1 aliphatic rings. The van der Waals surface area contributed by atoms with Gasteiger partial charge in [-0.3, -0.25) is 43.2 Å². The average Bonchev–Trinajstić information content (AvgIpc) is 3.01. The summed E-state index contributed by atoms with van der Waals surface area (Å²) in [6, 6.07) is 3.16. The molecule has 2 heterocycles. The van der Waals surface area contributed by atoms with E-state index in [1.807, 2.05) is 0 Å². The van der Waals surface area contributed by atoms with Crippen molar-refractivity contribution >= 4 is 69.7 Å². The maximum Gasteiger partial charge on any atom is 0.308 e. The number of benzene rings is 2. The van der Waals surface area contributed by atoms with Gasteiger partial charge in [-0.15, -0.1) is 0 Å². The van der Waals surface area contributed by atoms with Crippen molar-refractivity contribution in [2.75, 3.05) is 6.61 Å². The zero-order valence-electron chi connectivity index (χ0n) is 30.1. The first-order valence-corrected chi connectivity index (χ1v) is 15.9. The Hall–Kier alpha value is -6.37. The van der Waals surface area contributed by atoms with Crippen LogP contribution < -0.4 is 24.4 Å². The summed E-state index contributed by atoms with van der Waals surface area (Å²) >= 11 is 0. The smallest absolute Gasteiger partial charge is 0.308 e. The maximum atomic E-state index is 14.4. The Morgan fingerprint density at radius 3 is 1.56 bits per heavy atom. The number of ether oxygens (including phenoxy) is 9. The van der Waals surface area contributed by atoms with Gasteiger partial charge < -0.3 is 47.0 Å². The highest BCUT2D eigenvalue weighted by Gasteiger charge is 2.54. The molecule has 0 saturated carbocycles. The van der Waals surface area contributed by atoms with E-state index in [1.165, 1.54) is 0 Å². The van der Waals surface area contributed by atoms with Crippen molar-refractivity contribution in [1.29, 1.82) is 0 Å². The first-order chi connectivity index (χ1) is 25.3. The quantitative estimate of drug-likeness (QED) is 0.125. The lowest BCUT2D eigenvalue weighted by Crippen LogP contribution is -2.59. The third-order valence-corrected chi connectivity index (χ3v) is 7.27. The maximum absolute atomic E-state index is 14.4. The molecule has 54 heavy (non-hydrogen) atoms. The fourth-order valence-corrected chi connectivity index (χ4v) is 5.67. The lowest BCUT2D eigenvalue weighted by atomic mass is 9.88. The van der Waals surface area contributed by atoms with Crippen molar-refractivity contribution in [2.45, 2.75) is 85.9 Å². The molecule has 4 rings (SSSR count). The average molecular weight is 759 g/mol. The van der Waals surface area contributed by atoms with Crippen LogP contribution in [0.1, 0.15) is 67.1 Å². The molecule has 0 bridgehead atoms. The van der Waals surface area contributed by atoms with Crippen LogP contribution in [0.4, 0.5) is 0 Å². The van der Waals surface area contributed by atoms with Gasteiger partial charge in [0.25, 0.3) is 0 Å². The molecule has 1 aromatic heterocycles. The van der Waals surface area contributed by atoms with E-state index in [0.717, 1.165) is 73.6 Å². The second-order valence-electron chi connectivity index (χ2n) is 11.7. The van der Waals surface area contributed by atoms with Crippen molar-refractivity contribution in [3.05, 3.63) is 34.0 Å². The summed E-state index contributed by atoms with van der Waals surface area (Å²) in [7, 11) is 0. The summed E-state index contributed by atoms with van der Waals surface area (Å²) in [5, 5.41) is -0.791. The lowest BCUT2D eigenvalue weighted by molar-refractivity contribution is -0.254. The summed E-state index contributed by atoms with van der Waals surface area (Å²) in [5.74, 6) is -9.11. The zero-order valence-corrected chi connectivity index (χ0v) is 30.1. The van der Waals surface area contributed by atoms with Crippen LogP contribution in [0.25, 0.3) is 21.9 Å². The molecular weight excluding hydrogens is 724 g/mol. The van der Waals surface area contributed by atoms with Crippen LogP contribution in [0.2, 0.25) is 0 Å². The minimum Gasteiger partial charge on any atom is -0.463 e. The topological polar surface area (TPSA) is 250 Å². The van der Waals surface area contributed by atoms with Gasteiger partial charge in [-0.2, -0.15) is 0 Å². The fourth-order valence-electron chi connectivity index (χ4n) is 5.67. The van der Waals surface area contributed by atoms with Crippen molar-refractivity contribution in [1.82, 2.24) is 0 Å². The first-order valence-electron chi connectivity index (χ1n) is 15.9.